The van der Waals surface area contributed by atoms with Crippen molar-refractivity contribution in [2.75, 3.05) is 0 Å². The second-order valence-corrected chi connectivity index (χ2v) is 5.85. The Labute approximate surface area is 129 Å². The fourth-order valence-electron chi connectivity index (χ4n) is 3.00. The summed E-state index contributed by atoms with van der Waals surface area (Å²) in [5.41, 5.74) is 5.81. The van der Waals surface area contributed by atoms with Gasteiger partial charge in [0.15, 0.2) is 0 Å². The van der Waals surface area contributed by atoms with Crippen LogP contribution >= 0.6 is 0 Å². The van der Waals surface area contributed by atoms with Gasteiger partial charge < -0.3 is 4.57 Å². The molecule has 4 aromatic rings. The lowest BCUT2D eigenvalue weighted by Gasteiger charge is -2.07. The molecule has 0 saturated heterocycles. The van der Waals surface area contributed by atoms with Crippen molar-refractivity contribution >= 4 is 21.9 Å². The molecule has 0 radical (unpaired) electrons. The Morgan fingerprint density at radius 2 is 1.95 bits per heavy atom. The van der Waals surface area contributed by atoms with Gasteiger partial charge in [-0.1, -0.05) is 6.07 Å². The summed E-state index contributed by atoms with van der Waals surface area (Å²) in [5.74, 6) is 0. The summed E-state index contributed by atoms with van der Waals surface area (Å²) in [6, 6.07) is 12.8. The smallest absolute Gasteiger partial charge is 0.140 e. The van der Waals surface area contributed by atoms with Gasteiger partial charge in [-0.3, -0.25) is 4.98 Å². The van der Waals surface area contributed by atoms with Gasteiger partial charge in [-0.2, -0.15) is 0 Å². The second kappa shape index (κ2) is 4.95. The minimum Gasteiger partial charge on any atom is -0.328 e. The van der Waals surface area contributed by atoms with Gasteiger partial charge in [0.05, 0.1) is 5.52 Å². The molecule has 3 aromatic heterocycles. The maximum Gasteiger partial charge on any atom is 0.140 e. The van der Waals surface area contributed by atoms with Crippen LogP contribution in [0.1, 0.15) is 16.7 Å². The summed E-state index contributed by atoms with van der Waals surface area (Å²) < 4.78 is 2.22. The van der Waals surface area contributed by atoms with Gasteiger partial charge in [0.1, 0.15) is 5.65 Å². The molecular formula is C19H17N3. The quantitative estimate of drug-likeness (QED) is 0.552. The van der Waals surface area contributed by atoms with Gasteiger partial charge in [0, 0.05) is 35.9 Å². The van der Waals surface area contributed by atoms with Gasteiger partial charge >= 0.3 is 0 Å². The highest BCUT2D eigenvalue weighted by Gasteiger charge is 2.07. The van der Waals surface area contributed by atoms with Crippen LogP contribution in [0.25, 0.3) is 21.9 Å². The van der Waals surface area contributed by atoms with Crippen molar-refractivity contribution in [3.05, 3.63) is 71.7 Å². The number of rotatable bonds is 2. The molecule has 0 aliphatic rings. The van der Waals surface area contributed by atoms with Crippen LogP contribution in [-0.2, 0) is 6.54 Å². The molecule has 108 valence electrons. The SMILES string of the molecule is Cc1cnc2ccc(Cn3cc(C)c4cccnc43)cc2c1. The van der Waals surface area contributed by atoms with Crippen molar-refractivity contribution in [1.29, 1.82) is 0 Å². The predicted molar refractivity (Wildman–Crippen MR) is 90.1 cm³/mol. The van der Waals surface area contributed by atoms with Crippen molar-refractivity contribution in [3.8, 4) is 0 Å². The van der Waals surface area contributed by atoms with Gasteiger partial charge in [-0.25, -0.2) is 4.98 Å². The number of aryl methyl sites for hydroxylation is 2. The third-order valence-corrected chi connectivity index (χ3v) is 4.07. The van der Waals surface area contributed by atoms with Crippen molar-refractivity contribution in [3.63, 3.8) is 0 Å². The molecule has 3 heterocycles. The summed E-state index contributed by atoms with van der Waals surface area (Å²) in [7, 11) is 0. The standard InChI is InChI=1S/C19H17N3/c1-13-8-16-9-15(5-6-18(16)21-10-13)12-22-11-14(2)17-4-3-7-20-19(17)22/h3-11H,12H2,1-2H3. The Morgan fingerprint density at radius 1 is 1.05 bits per heavy atom. The minimum absolute atomic E-state index is 0.825. The van der Waals surface area contributed by atoms with E-state index in [0.29, 0.717) is 0 Å². The molecule has 22 heavy (non-hydrogen) atoms. The van der Waals surface area contributed by atoms with E-state index in [0.717, 1.165) is 17.7 Å². The largest absolute Gasteiger partial charge is 0.328 e. The molecule has 0 atom stereocenters. The van der Waals surface area contributed by atoms with Gasteiger partial charge in [-0.05, 0) is 60.9 Å². The van der Waals surface area contributed by atoms with E-state index >= 15 is 0 Å². The van der Waals surface area contributed by atoms with Crippen LogP contribution < -0.4 is 0 Å². The average Bonchev–Trinajstić information content (AvgIpc) is 2.84. The normalized spacial score (nSPS) is 11.4. The van der Waals surface area contributed by atoms with Crippen LogP contribution in [-0.4, -0.2) is 14.5 Å². The Morgan fingerprint density at radius 3 is 2.86 bits per heavy atom. The fraction of sp³-hybridized carbons (Fsp3) is 0.158. The molecule has 1 aromatic carbocycles. The van der Waals surface area contributed by atoms with E-state index in [-0.39, 0.29) is 0 Å². The first-order chi connectivity index (χ1) is 10.7. The topological polar surface area (TPSA) is 30.7 Å². The highest BCUT2D eigenvalue weighted by molar-refractivity contribution is 5.81. The molecule has 0 aliphatic carbocycles. The molecule has 3 heteroatoms. The third kappa shape index (κ3) is 2.15. The maximum absolute atomic E-state index is 4.53. The second-order valence-electron chi connectivity index (χ2n) is 5.85. The first kappa shape index (κ1) is 13.0. The number of hydrogen-bond acceptors (Lipinski definition) is 2. The van der Waals surface area contributed by atoms with E-state index in [1.165, 1.54) is 27.5 Å². The predicted octanol–water partition coefficient (Wildman–Crippen LogP) is 4.25. The fourth-order valence-corrected chi connectivity index (χ4v) is 3.00. The monoisotopic (exact) mass is 287 g/mol. The number of aromatic nitrogens is 3. The summed E-state index contributed by atoms with van der Waals surface area (Å²) >= 11 is 0. The van der Waals surface area contributed by atoms with Gasteiger partial charge in [0.2, 0.25) is 0 Å². The van der Waals surface area contributed by atoms with E-state index in [1.807, 2.05) is 18.5 Å². The lowest BCUT2D eigenvalue weighted by atomic mass is 10.1. The van der Waals surface area contributed by atoms with Crippen LogP contribution in [0.2, 0.25) is 0 Å². The zero-order valence-corrected chi connectivity index (χ0v) is 12.7. The summed E-state index contributed by atoms with van der Waals surface area (Å²) in [6.45, 7) is 5.03. The van der Waals surface area contributed by atoms with Gasteiger partial charge in [-0.15, -0.1) is 0 Å². The number of nitrogens with zero attached hydrogens (tertiary/aromatic N) is 3. The van der Waals surface area contributed by atoms with E-state index in [1.54, 1.807) is 0 Å². The highest BCUT2D eigenvalue weighted by Crippen LogP contribution is 2.21. The molecule has 0 aliphatic heterocycles. The minimum atomic E-state index is 0.825. The Kier molecular flexibility index (Phi) is 2.93. The van der Waals surface area contributed by atoms with E-state index < -0.39 is 0 Å². The highest BCUT2D eigenvalue weighted by atomic mass is 15.0. The van der Waals surface area contributed by atoms with Crippen LogP contribution in [0.4, 0.5) is 0 Å². The molecule has 4 rings (SSSR count). The summed E-state index contributed by atoms with van der Waals surface area (Å²) in [6.07, 6.45) is 5.94. The number of fused-ring (bicyclic) bond motifs is 2. The summed E-state index contributed by atoms with van der Waals surface area (Å²) in [4.78, 5) is 8.99. The molecule has 0 fully saturated rings. The van der Waals surface area contributed by atoms with Crippen molar-refractivity contribution in [1.82, 2.24) is 14.5 Å². The Hall–Kier alpha value is -2.68. The average molecular weight is 287 g/mol. The van der Waals surface area contributed by atoms with Crippen LogP contribution in [0.5, 0.6) is 0 Å². The summed E-state index contributed by atoms with van der Waals surface area (Å²) in [5, 5.41) is 2.42. The molecule has 0 N–H and O–H groups in total. The lowest BCUT2D eigenvalue weighted by molar-refractivity contribution is 0.824. The van der Waals surface area contributed by atoms with E-state index in [4.69, 9.17) is 0 Å². The zero-order chi connectivity index (χ0) is 15.1. The van der Waals surface area contributed by atoms with Crippen LogP contribution in [0, 0.1) is 13.8 Å². The van der Waals surface area contributed by atoms with Crippen molar-refractivity contribution in [2.45, 2.75) is 20.4 Å². The maximum atomic E-state index is 4.53. The first-order valence-electron chi connectivity index (χ1n) is 7.46. The number of benzene rings is 1. The molecule has 0 spiro atoms. The third-order valence-electron chi connectivity index (χ3n) is 4.07. The Balaban J connectivity index is 1.79. The molecule has 0 amide bonds. The van der Waals surface area contributed by atoms with Crippen LogP contribution in [0.15, 0.2) is 55.0 Å². The first-order valence-corrected chi connectivity index (χ1v) is 7.46. The molecule has 0 unspecified atom stereocenters. The molecule has 0 saturated carbocycles. The van der Waals surface area contributed by atoms with E-state index in [2.05, 4.69) is 64.9 Å². The number of hydrogen-bond donors (Lipinski definition) is 0. The van der Waals surface area contributed by atoms with Crippen LogP contribution in [0.3, 0.4) is 0 Å². The molecular weight excluding hydrogens is 270 g/mol. The number of pyridine rings is 2. The van der Waals surface area contributed by atoms with Crippen molar-refractivity contribution in [2.24, 2.45) is 0 Å². The zero-order valence-electron chi connectivity index (χ0n) is 12.7. The molecule has 3 nitrogen and oxygen atoms in total. The lowest BCUT2D eigenvalue weighted by Crippen LogP contribution is -1.99. The Bertz CT molecular complexity index is 982. The molecule has 0 bridgehead atoms. The van der Waals surface area contributed by atoms with E-state index in [9.17, 15) is 0 Å². The van der Waals surface area contributed by atoms with Crippen molar-refractivity contribution < 1.29 is 0 Å². The van der Waals surface area contributed by atoms with Gasteiger partial charge in [0.25, 0.3) is 0 Å².